The monoisotopic (exact) mass is 479 g/mol. The van der Waals surface area contributed by atoms with Crippen LogP contribution >= 0.6 is 0 Å². The standard InChI is InChI=1S/C26H24F3N5O/c27-19-8-6-18(7-9-19)22-14-23(24(28)29)34-25(32-22)21(15-30-34)26(35)31-20-10-4-17(5-11-20)16-33-12-2-1-3-13-33/h4-11,14-15,24H,1-3,12-13,16H2,(H,31,35). The van der Waals surface area contributed by atoms with Crippen LogP contribution in [0.25, 0.3) is 16.9 Å². The highest BCUT2D eigenvalue weighted by Crippen LogP contribution is 2.27. The van der Waals surface area contributed by atoms with Gasteiger partial charge in [-0.1, -0.05) is 18.6 Å². The summed E-state index contributed by atoms with van der Waals surface area (Å²) in [5, 5.41) is 6.78. The second-order valence-corrected chi connectivity index (χ2v) is 8.66. The first-order valence-electron chi connectivity index (χ1n) is 11.5. The van der Waals surface area contributed by atoms with Crippen LogP contribution in [0.3, 0.4) is 0 Å². The van der Waals surface area contributed by atoms with Crippen LogP contribution in [0, 0.1) is 5.82 Å². The van der Waals surface area contributed by atoms with Crippen molar-refractivity contribution in [2.24, 2.45) is 0 Å². The first-order valence-corrected chi connectivity index (χ1v) is 11.5. The summed E-state index contributed by atoms with van der Waals surface area (Å²) in [5.74, 6) is -0.956. The molecule has 0 spiro atoms. The lowest BCUT2D eigenvalue weighted by Crippen LogP contribution is -2.29. The first-order chi connectivity index (χ1) is 17.0. The lowest BCUT2D eigenvalue weighted by atomic mass is 10.1. The number of amides is 1. The Kier molecular flexibility index (Phi) is 6.50. The third kappa shape index (κ3) is 5.05. The van der Waals surface area contributed by atoms with Crippen LogP contribution in [0.5, 0.6) is 0 Å². The van der Waals surface area contributed by atoms with Crippen LogP contribution in [0.2, 0.25) is 0 Å². The molecule has 1 aliphatic heterocycles. The molecule has 9 heteroatoms. The van der Waals surface area contributed by atoms with Crippen molar-refractivity contribution in [3.63, 3.8) is 0 Å². The Hall–Kier alpha value is -3.72. The number of carbonyl (C=O) groups is 1. The molecule has 0 saturated carbocycles. The largest absolute Gasteiger partial charge is 0.322 e. The summed E-state index contributed by atoms with van der Waals surface area (Å²) in [6, 6.07) is 14.1. The molecule has 1 N–H and O–H groups in total. The second-order valence-electron chi connectivity index (χ2n) is 8.66. The molecule has 1 aliphatic rings. The smallest absolute Gasteiger partial charge is 0.280 e. The van der Waals surface area contributed by atoms with Crippen molar-refractivity contribution in [2.45, 2.75) is 32.2 Å². The fourth-order valence-electron chi connectivity index (χ4n) is 4.34. The van der Waals surface area contributed by atoms with Gasteiger partial charge in [0.1, 0.15) is 17.1 Å². The van der Waals surface area contributed by atoms with E-state index in [0.717, 1.165) is 29.7 Å². The van der Waals surface area contributed by atoms with E-state index in [1.165, 1.54) is 55.8 Å². The molecule has 0 unspecified atom stereocenters. The average molecular weight is 480 g/mol. The zero-order valence-corrected chi connectivity index (χ0v) is 18.9. The number of alkyl halides is 2. The normalized spacial score (nSPS) is 14.5. The third-order valence-electron chi connectivity index (χ3n) is 6.17. The highest BCUT2D eigenvalue weighted by molar-refractivity contribution is 6.08. The van der Waals surface area contributed by atoms with Gasteiger partial charge in [-0.05, 0) is 74.0 Å². The van der Waals surface area contributed by atoms with Crippen LogP contribution < -0.4 is 5.32 Å². The van der Waals surface area contributed by atoms with Crippen molar-refractivity contribution >= 4 is 17.2 Å². The number of halogens is 3. The Labute approximate surface area is 200 Å². The predicted octanol–water partition coefficient (Wildman–Crippen LogP) is 5.71. The fourth-order valence-corrected chi connectivity index (χ4v) is 4.34. The van der Waals surface area contributed by atoms with Crippen molar-refractivity contribution in [2.75, 3.05) is 18.4 Å². The molecule has 0 bridgehead atoms. The van der Waals surface area contributed by atoms with E-state index in [1.54, 1.807) is 0 Å². The van der Waals surface area contributed by atoms with Crippen LogP contribution in [-0.2, 0) is 6.54 Å². The van der Waals surface area contributed by atoms with Crippen LogP contribution in [0.1, 0.15) is 47.3 Å². The van der Waals surface area contributed by atoms with E-state index in [-0.39, 0.29) is 16.9 Å². The molecule has 4 aromatic rings. The van der Waals surface area contributed by atoms with Gasteiger partial charge in [-0.15, -0.1) is 0 Å². The summed E-state index contributed by atoms with van der Waals surface area (Å²) in [7, 11) is 0. The number of aromatic nitrogens is 3. The van der Waals surface area contributed by atoms with Gasteiger partial charge in [0.15, 0.2) is 5.65 Å². The Morgan fingerprint density at radius 2 is 1.71 bits per heavy atom. The molecule has 1 fully saturated rings. The molecule has 2 aromatic carbocycles. The van der Waals surface area contributed by atoms with Gasteiger partial charge in [0.25, 0.3) is 12.3 Å². The van der Waals surface area contributed by atoms with Crippen molar-refractivity contribution in [3.05, 3.63) is 83.4 Å². The van der Waals surface area contributed by atoms with E-state index in [0.29, 0.717) is 11.3 Å². The van der Waals surface area contributed by atoms with E-state index >= 15 is 0 Å². The van der Waals surface area contributed by atoms with Crippen LogP contribution in [-0.4, -0.2) is 38.5 Å². The number of anilines is 1. The number of piperidine rings is 1. The van der Waals surface area contributed by atoms with E-state index < -0.39 is 23.8 Å². The minimum Gasteiger partial charge on any atom is -0.322 e. The summed E-state index contributed by atoms with van der Waals surface area (Å²) < 4.78 is 41.8. The Bertz CT molecular complexity index is 1330. The summed E-state index contributed by atoms with van der Waals surface area (Å²) in [6.45, 7) is 3.07. The van der Waals surface area contributed by atoms with Gasteiger partial charge in [0.05, 0.1) is 11.9 Å². The molecule has 2 aromatic heterocycles. The Morgan fingerprint density at radius 3 is 2.40 bits per heavy atom. The van der Waals surface area contributed by atoms with E-state index in [1.807, 2.05) is 24.3 Å². The molecule has 0 aliphatic carbocycles. The number of hydrogen-bond acceptors (Lipinski definition) is 4. The van der Waals surface area contributed by atoms with Gasteiger partial charge >= 0.3 is 0 Å². The molecule has 180 valence electrons. The van der Waals surface area contributed by atoms with Gasteiger partial charge in [0.2, 0.25) is 0 Å². The zero-order valence-electron chi connectivity index (χ0n) is 18.9. The maximum absolute atomic E-state index is 13.8. The minimum atomic E-state index is -2.84. The number of nitrogens with one attached hydrogen (secondary N) is 1. The number of carbonyl (C=O) groups excluding carboxylic acids is 1. The topological polar surface area (TPSA) is 62.5 Å². The molecule has 6 nitrogen and oxygen atoms in total. The zero-order chi connectivity index (χ0) is 24.4. The number of benzene rings is 2. The van der Waals surface area contributed by atoms with Crippen molar-refractivity contribution in [3.8, 4) is 11.3 Å². The SMILES string of the molecule is O=C(Nc1ccc(CN2CCCCC2)cc1)c1cnn2c(C(F)F)cc(-c3ccc(F)cc3)nc12. The summed E-state index contributed by atoms with van der Waals surface area (Å²) in [6.07, 6.45) is 2.10. The lowest BCUT2D eigenvalue weighted by Gasteiger charge is -2.26. The number of rotatable bonds is 6. The molecule has 1 amide bonds. The Balaban J connectivity index is 1.40. The molecule has 3 heterocycles. The van der Waals surface area contributed by atoms with Gasteiger partial charge < -0.3 is 5.32 Å². The highest BCUT2D eigenvalue weighted by Gasteiger charge is 2.22. The van der Waals surface area contributed by atoms with E-state index in [2.05, 4.69) is 20.3 Å². The fraction of sp³-hybridized carbons (Fsp3) is 0.269. The molecule has 0 atom stereocenters. The first kappa shape index (κ1) is 23.0. The minimum absolute atomic E-state index is 0.00124. The summed E-state index contributed by atoms with van der Waals surface area (Å²) in [4.78, 5) is 19.8. The molecule has 1 saturated heterocycles. The summed E-state index contributed by atoms with van der Waals surface area (Å²) >= 11 is 0. The second kappa shape index (κ2) is 9.87. The maximum Gasteiger partial charge on any atom is 0.280 e. The molecule has 5 rings (SSSR count). The number of nitrogens with zero attached hydrogens (tertiary/aromatic N) is 4. The lowest BCUT2D eigenvalue weighted by molar-refractivity contribution is 0.102. The van der Waals surface area contributed by atoms with Gasteiger partial charge in [-0.25, -0.2) is 22.7 Å². The molecular weight excluding hydrogens is 455 g/mol. The third-order valence-corrected chi connectivity index (χ3v) is 6.17. The van der Waals surface area contributed by atoms with Gasteiger partial charge in [-0.2, -0.15) is 5.10 Å². The maximum atomic E-state index is 13.8. The predicted molar refractivity (Wildman–Crippen MR) is 127 cm³/mol. The van der Waals surface area contributed by atoms with Crippen molar-refractivity contribution in [1.82, 2.24) is 19.5 Å². The van der Waals surface area contributed by atoms with Crippen LogP contribution in [0.4, 0.5) is 18.9 Å². The molecular formula is C26H24F3N5O. The Morgan fingerprint density at radius 1 is 1.00 bits per heavy atom. The number of fused-ring (bicyclic) bond motifs is 1. The molecule has 35 heavy (non-hydrogen) atoms. The van der Waals surface area contributed by atoms with Crippen LogP contribution in [0.15, 0.2) is 60.8 Å². The highest BCUT2D eigenvalue weighted by atomic mass is 19.3. The summed E-state index contributed by atoms with van der Waals surface area (Å²) in [5.41, 5.74) is 2.05. The van der Waals surface area contributed by atoms with E-state index in [9.17, 15) is 18.0 Å². The van der Waals surface area contributed by atoms with Crippen molar-refractivity contribution in [1.29, 1.82) is 0 Å². The quantitative estimate of drug-likeness (QED) is 0.385. The van der Waals surface area contributed by atoms with Crippen molar-refractivity contribution < 1.29 is 18.0 Å². The molecule has 0 radical (unpaired) electrons. The average Bonchev–Trinajstić information content (AvgIpc) is 3.30. The van der Waals surface area contributed by atoms with Gasteiger partial charge in [0, 0.05) is 17.8 Å². The number of hydrogen-bond donors (Lipinski definition) is 1. The van der Waals surface area contributed by atoms with E-state index in [4.69, 9.17) is 0 Å². The number of likely N-dealkylation sites (tertiary alicyclic amines) is 1. The van der Waals surface area contributed by atoms with Gasteiger partial charge in [-0.3, -0.25) is 9.69 Å².